The average Bonchev–Trinajstić information content (AvgIpc) is 2.65. The van der Waals surface area contributed by atoms with E-state index in [1.54, 1.807) is 24.3 Å². The molecule has 0 fully saturated rings. The van der Waals surface area contributed by atoms with Crippen LogP contribution in [0.1, 0.15) is 54.6 Å². The van der Waals surface area contributed by atoms with Gasteiger partial charge in [0.2, 0.25) is 0 Å². The van der Waals surface area contributed by atoms with Crippen molar-refractivity contribution >= 4 is 17.5 Å². The lowest BCUT2D eigenvalue weighted by atomic mass is 10.1. The minimum atomic E-state index is -0.641. The molecule has 150 valence electrons. The minimum Gasteiger partial charge on any atom is -0.481 e. The van der Waals surface area contributed by atoms with Crippen LogP contribution in [0, 0.1) is 13.8 Å². The van der Waals surface area contributed by atoms with E-state index < -0.39 is 6.10 Å². The number of aryl methyl sites for hydroxylation is 2. The Hall–Kier alpha value is -2.82. The standard InChI is InChI=1S/C23H30N2O3/c1-5-7-12-24-22(26)19-10-8-9-11-20(19)25-23(27)21(6-2)28-18-14-16(3)13-17(4)15-18/h8-11,13-15,21H,5-7,12H2,1-4H3,(H,24,26)(H,25,27)/t21-/m0/s1. The number of amides is 2. The van der Waals surface area contributed by atoms with Crippen LogP contribution in [0.4, 0.5) is 5.69 Å². The first-order valence-corrected chi connectivity index (χ1v) is 9.87. The number of hydrogen-bond donors (Lipinski definition) is 2. The number of benzene rings is 2. The van der Waals surface area contributed by atoms with E-state index in [4.69, 9.17) is 4.74 Å². The summed E-state index contributed by atoms with van der Waals surface area (Å²) in [7, 11) is 0. The third kappa shape index (κ3) is 6.12. The molecule has 2 N–H and O–H groups in total. The number of unbranched alkanes of at least 4 members (excludes halogenated alkanes) is 1. The summed E-state index contributed by atoms with van der Waals surface area (Å²) in [6.07, 6.45) is 1.80. The Morgan fingerprint density at radius 3 is 2.36 bits per heavy atom. The van der Waals surface area contributed by atoms with Gasteiger partial charge in [0.25, 0.3) is 11.8 Å². The van der Waals surface area contributed by atoms with Gasteiger partial charge in [0, 0.05) is 6.54 Å². The zero-order chi connectivity index (χ0) is 20.5. The van der Waals surface area contributed by atoms with Gasteiger partial charge in [0.05, 0.1) is 11.3 Å². The topological polar surface area (TPSA) is 67.4 Å². The Labute approximate surface area is 167 Å². The van der Waals surface area contributed by atoms with Crippen molar-refractivity contribution in [1.82, 2.24) is 5.32 Å². The van der Waals surface area contributed by atoms with Crippen molar-refractivity contribution < 1.29 is 14.3 Å². The maximum Gasteiger partial charge on any atom is 0.265 e. The number of para-hydroxylation sites is 1. The second-order valence-electron chi connectivity index (χ2n) is 6.98. The fourth-order valence-electron chi connectivity index (χ4n) is 2.96. The van der Waals surface area contributed by atoms with Crippen molar-refractivity contribution in [3.63, 3.8) is 0 Å². The van der Waals surface area contributed by atoms with Crippen LogP contribution in [0.15, 0.2) is 42.5 Å². The van der Waals surface area contributed by atoms with Gasteiger partial charge >= 0.3 is 0 Å². The maximum atomic E-state index is 12.8. The summed E-state index contributed by atoms with van der Waals surface area (Å²) < 4.78 is 5.93. The first-order valence-electron chi connectivity index (χ1n) is 9.87. The number of hydrogen-bond acceptors (Lipinski definition) is 3. The normalized spacial score (nSPS) is 11.6. The predicted octanol–water partition coefficient (Wildman–Crippen LogP) is 4.63. The molecule has 0 radical (unpaired) electrons. The van der Waals surface area contributed by atoms with E-state index in [2.05, 4.69) is 23.6 Å². The maximum absolute atomic E-state index is 12.8. The van der Waals surface area contributed by atoms with Gasteiger partial charge in [-0.2, -0.15) is 0 Å². The van der Waals surface area contributed by atoms with Crippen LogP contribution < -0.4 is 15.4 Å². The lowest BCUT2D eigenvalue weighted by Crippen LogP contribution is -2.33. The number of nitrogens with one attached hydrogen (secondary N) is 2. The molecule has 0 aromatic heterocycles. The third-order valence-corrected chi connectivity index (χ3v) is 4.38. The van der Waals surface area contributed by atoms with Crippen molar-refractivity contribution in [3.05, 3.63) is 59.2 Å². The SMILES string of the molecule is CCCCNC(=O)c1ccccc1NC(=O)[C@H](CC)Oc1cc(C)cc(C)c1. The molecular formula is C23H30N2O3. The Morgan fingerprint density at radius 1 is 1.04 bits per heavy atom. The Bertz CT molecular complexity index is 797. The number of carbonyl (C=O) groups is 2. The molecule has 5 nitrogen and oxygen atoms in total. The van der Waals surface area contributed by atoms with E-state index in [1.807, 2.05) is 32.9 Å². The smallest absolute Gasteiger partial charge is 0.265 e. The van der Waals surface area contributed by atoms with Crippen molar-refractivity contribution in [3.8, 4) is 5.75 Å². The van der Waals surface area contributed by atoms with Crippen LogP contribution in [-0.2, 0) is 4.79 Å². The van der Waals surface area contributed by atoms with Crippen molar-refractivity contribution in [2.45, 2.75) is 53.1 Å². The molecule has 0 spiro atoms. The van der Waals surface area contributed by atoms with Gasteiger partial charge in [-0.1, -0.05) is 38.5 Å². The molecule has 0 saturated carbocycles. The summed E-state index contributed by atoms with van der Waals surface area (Å²) in [5.74, 6) is 0.216. The summed E-state index contributed by atoms with van der Waals surface area (Å²) in [5.41, 5.74) is 3.11. The molecule has 0 aliphatic carbocycles. The highest BCUT2D eigenvalue weighted by Crippen LogP contribution is 2.20. The zero-order valence-electron chi connectivity index (χ0n) is 17.2. The van der Waals surface area contributed by atoms with Crippen molar-refractivity contribution in [2.24, 2.45) is 0 Å². The summed E-state index contributed by atoms with van der Waals surface area (Å²) in [4.78, 5) is 25.2. The van der Waals surface area contributed by atoms with E-state index in [-0.39, 0.29) is 11.8 Å². The van der Waals surface area contributed by atoms with Crippen LogP contribution in [0.5, 0.6) is 5.75 Å². The summed E-state index contributed by atoms with van der Waals surface area (Å²) >= 11 is 0. The zero-order valence-corrected chi connectivity index (χ0v) is 17.2. The van der Waals surface area contributed by atoms with Gasteiger partial charge < -0.3 is 15.4 Å². The first-order chi connectivity index (χ1) is 13.4. The van der Waals surface area contributed by atoms with Gasteiger partial charge in [-0.25, -0.2) is 0 Å². The monoisotopic (exact) mass is 382 g/mol. The van der Waals surface area contributed by atoms with E-state index >= 15 is 0 Å². The lowest BCUT2D eigenvalue weighted by Gasteiger charge is -2.19. The van der Waals surface area contributed by atoms with Crippen LogP contribution in [0.2, 0.25) is 0 Å². The average molecular weight is 383 g/mol. The molecular weight excluding hydrogens is 352 g/mol. The number of rotatable bonds is 9. The molecule has 0 aliphatic heterocycles. The van der Waals surface area contributed by atoms with Crippen LogP contribution in [-0.4, -0.2) is 24.5 Å². The van der Waals surface area contributed by atoms with Gasteiger partial charge in [0.15, 0.2) is 6.10 Å². The highest BCUT2D eigenvalue weighted by atomic mass is 16.5. The molecule has 5 heteroatoms. The van der Waals surface area contributed by atoms with Crippen LogP contribution in [0.3, 0.4) is 0 Å². The Morgan fingerprint density at radius 2 is 1.71 bits per heavy atom. The lowest BCUT2D eigenvalue weighted by molar-refractivity contribution is -0.122. The van der Waals surface area contributed by atoms with E-state index in [1.165, 1.54) is 0 Å². The molecule has 0 heterocycles. The molecule has 2 amide bonds. The summed E-state index contributed by atoms with van der Waals surface area (Å²) in [6, 6.07) is 12.9. The van der Waals surface area contributed by atoms with Crippen molar-refractivity contribution in [2.75, 3.05) is 11.9 Å². The fraction of sp³-hybridized carbons (Fsp3) is 0.391. The Kier molecular flexibility index (Phi) is 8.05. The molecule has 2 aromatic carbocycles. The highest BCUT2D eigenvalue weighted by molar-refractivity contribution is 6.04. The number of anilines is 1. The summed E-state index contributed by atoms with van der Waals surface area (Å²) in [6.45, 7) is 8.57. The van der Waals surface area contributed by atoms with E-state index in [0.29, 0.717) is 30.0 Å². The third-order valence-electron chi connectivity index (χ3n) is 4.38. The second-order valence-corrected chi connectivity index (χ2v) is 6.98. The molecule has 0 aliphatic rings. The predicted molar refractivity (Wildman–Crippen MR) is 113 cm³/mol. The van der Waals surface area contributed by atoms with Crippen LogP contribution >= 0.6 is 0 Å². The minimum absolute atomic E-state index is 0.187. The quantitative estimate of drug-likeness (QED) is 0.621. The van der Waals surface area contributed by atoms with Gasteiger partial charge in [-0.15, -0.1) is 0 Å². The largest absolute Gasteiger partial charge is 0.481 e. The van der Waals surface area contributed by atoms with Crippen molar-refractivity contribution in [1.29, 1.82) is 0 Å². The number of carbonyl (C=O) groups excluding carboxylic acids is 2. The highest BCUT2D eigenvalue weighted by Gasteiger charge is 2.21. The molecule has 1 atom stereocenters. The van der Waals surface area contributed by atoms with E-state index in [9.17, 15) is 9.59 Å². The molecule has 0 saturated heterocycles. The molecule has 2 aromatic rings. The van der Waals surface area contributed by atoms with Crippen LogP contribution in [0.25, 0.3) is 0 Å². The summed E-state index contributed by atoms with van der Waals surface area (Å²) in [5, 5.41) is 5.75. The van der Waals surface area contributed by atoms with Gasteiger partial charge in [-0.3, -0.25) is 9.59 Å². The second kappa shape index (κ2) is 10.5. The molecule has 28 heavy (non-hydrogen) atoms. The first kappa shape index (κ1) is 21.5. The molecule has 2 rings (SSSR count). The Balaban J connectivity index is 2.11. The molecule has 0 unspecified atom stereocenters. The molecule has 0 bridgehead atoms. The van der Waals surface area contributed by atoms with Gasteiger partial charge in [-0.05, 0) is 62.1 Å². The van der Waals surface area contributed by atoms with Gasteiger partial charge in [0.1, 0.15) is 5.75 Å². The fourth-order valence-corrected chi connectivity index (χ4v) is 2.96. The number of ether oxygens (including phenoxy) is 1. The van der Waals surface area contributed by atoms with E-state index in [0.717, 1.165) is 24.0 Å².